The van der Waals surface area contributed by atoms with E-state index in [9.17, 15) is 0 Å². The van der Waals surface area contributed by atoms with Gasteiger partial charge in [0.15, 0.2) is 0 Å². The molecule has 2 nitrogen and oxygen atoms in total. The minimum absolute atomic E-state index is 0.169. The smallest absolute Gasteiger partial charge is 0.123 e. The van der Waals surface area contributed by atoms with Gasteiger partial charge in [0.1, 0.15) is 5.17 Å². The number of aliphatic hydroxyl groups excluding tert-OH is 1. The van der Waals surface area contributed by atoms with E-state index in [1.54, 1.807) is 0 Å². The molecule has 0 aromatic heterocycles. The van der Waals surface area contributed by atoms with Crippen molar-refractivity contribution in [1.82, 2.24) is 0 Å². The molecule has 0 heterocycles. The third-order valence-electron chi connectivity index (χ3n) is 0.221. The van der Waals surface area contributed by atoms with Gasteiger partial charge in [-0.1, -0.05) is 11.6 Å². The van der Waals surface area contributed by atoms with Gasteiger partial charge in [-0.3, -0.25) is 5.41 Å². The number of nitrogens with one attached hydrogen (secondary N) is 1. The van der Waals surface area contributed by atoms with E-state index in [1.165, 1.54) is 0 Å². The first-order valence-electron chi connectivity index (χ1n) is 1.32. The van der Waals surface area contributed by atoms with Gasteiger partial charge in [-0.2, -0.15) is 0 Å². The third kappa shape index (κ3) is 3.50. The fourth-order valence-corrected chi connectivity index (χ4v) is 0.122. The molecule has 0 unspecified atom stereocenters. The van der Waals surface area contributed by atoms with Crippen LogP contribution in [0.2, 0.25) is 0 Å². The van der Waals surface area contributed by atoms with Crippen LogP contribution in [0.4, 0.5) is 0 Å². The zero-order valence-electron chi connectivity index (χ0n) is 2.98. The van der Waals surface area contributed by atoms with Crippen molar-refractivity contribution in [3.05, 3.63) is 12.3 Å². The van der Waals surface area contributed by atoms with E-state index in [2.05, 4.69) is 0 Å². The first-order chi connectivity index (χ1) is 2.77. The molecule has 0 spiro atoms. The average Bonchev–Trinajstić information content (AvgIpc) is 1.35. The topological polar surface area (TPSA) is 44.1 Å². The summed E-state index contributed by atoms with van der Waals surface area (Å²) in [6, 6.07) is 0. The number of rotatable bonds is 1. The van der Waals surface area contributed by atoms with E-state index >= 15 is 0 Å². The Bertz CT molecular complexity index is 78.9. The molecule has 0 amide bonds. The van der Waals surface area contributed by atoms with Crippen LogP contribution in [0.1, 0.15) is 0 Å². The molecule has 6 heavy (non-hydrogen) atoms. The first kappa shape index (κ1) is 5.50. The summed E-state index contributed by atoms with van der Waals surface area (Å²) >= 11 is 4.91. The van der Waals surface area contributed by atoms with Crippen LogP contribution in [0.3, 0.4) is 0 Å². The fraction of sp³-hybridized carbons (Fsp3) is 0. The molecule has 0 aromatic rings. The maximum Gasteiger partial charge on any atom is 0.123 e. The van der Waals surface area contributed by atoms with Crippen LogP contribution in [-0.2, 0) is 0 Å². The Kier molecular flexibility index (Phi) is 2.50. The van der Waals surface area contributed by atoms with Gasteiger partial charge in [-0.25, -0.2) is 0 Å². The Morgan fingerprint density at radius 2 is 2.33 bits per heavy atom. The first-order valence-corrected chi connectivity index (χ1v) is 1.70. The summed E-state index contributed by atoms with van der Waals surface area (Å²) in [5.41, 5.74) is 0. The fourth-order valence-electron chi connectivity index (χ4n) is 0.0654. The van der Waals surface area contributed by atoms with Crippen LogP contribution in [-0.4, -0.2) is 10.3 Å². The molecule has 0 saturated carbocycles. The lowest BCUT2D eigenvalue weighted by atomic mass is 10.7. The second kappa shape index (κ2) is 2.72. The zero-order valence-corrected chi connectivity index (χ0v) is 3.74. The molecule has 0 fully saturated rings. The Morgan fingerprint density at radius 1 is 1.83 bits per heavy atom. The summed E-state index contributed by atoms with van der Waals surface area (Å²) in [7, 11) is 0. The average molecular weight is 106 g/mol. The lowest BCUT2D eigenvalue weighted by Gasteiger charge is -1.70. The number of aliphatic hydroxyl groups is 1. The molecule has 0 aliphatic rings. The van der Waals surface area contributed by atoms with Crippen LogP contribution in [0.5, 0.6) is 0 Å². The monoisotopic (exact) mass is 105 g/mol. The van der Waals surface area contributed by atoms with Crippen LogP contribution in [0.25, 0.3) is 0 Å². The Balaban J connectivity index is 3.30. The highest BCUT2D eigenvalue weighted by Crippen LogP contribution is 1.78. The molecule has 2 N–H and O–H groups in total. The van der Waals surface area contributed by atoms with Crippen molar-refractivity contribution in [1.29, 1.82) is 5.41 Å². The lowest BCUT2D eigenvalue weighted by molar-refractivity contribution is 0.474. The molecule has 0 aliphatic heterocycles. The molecule has 0 aromatic carbocycles. The van der Waals surface area contributed by atoms with Gasteiger partial charge in [-0.05, 0) is 0 Å². The van der Waals surface area contributed by atoms with E-state index in [0.29, 0.717) is 0 Å². The van der Waals surface area contributed by atoms with Gasteiger partial charge in [0, 0.05) is 6.08 Å². The summed E-state index contributed by atoms with van der Waals surface area (Å²) in [5.74, 6) is 0. The maximum atomic E-state index is 7.83. The highest BCUT2D eigenvalue weighted by molar-refractivity contribution is 6.67. The van der Waals surface area contributed by atoms with Crippen molar-refractivity contribution in [2.75, 3.05) is 0 Å². The number of allylic oxidation sites excluding steroid dienone is 1. The van der Waals surface area contributed by atoms with Crippen molar-refractivity contribution < 1.29 is 5.11 Å². The Morgan fingerprint density at radius 3 is 2.33 bits per heavy atom. The molecule has 3 heteroatoms. The second-order valence-corrected chi connectivity index (χ2v) is 1.07. The molecule has 0 rings (SSSR count). The normalized spacial score (nSPS) is 9.50. The van der Waals surface area contributed by atoms with Crippen molar-refractivity contribution in [2.45, 2.75) is 0 Å². The summed E-state index contributed by atoms with van der Waals surface area (Å²) < 4.78 is 0. The van der Waals surface area contributed by atoms with Gasteiger partial charge in [0.05, 0.1) is 6.26 Å². The second-order valence-electron chi connectivity index (χ2n) is 0.664. The largest absolute Gasteiger partial charge is 0.515 e. The molecule has 0 radical (unpaired) electrons. The van der Waals surface area contributed by atoms with Crippen molar-refractivity contribution >= 4 is 16.8 Å². The van der Waals surface area contributed by atoms with E-state index < -0.39 is 0 Å². The van der Waals surface area contributed by atoms with E-state index in [1.807, 2.05) is 0 Å². The minimum atomic E-state index is -0.169. The highest BCUT2D eigenvalue weighted by atomic mass is 35.5. The Labute approximate surface area is 40.6 Å². The minimum Gasteiger partial charge on any atom is -0.515 e. The van der Waals surface area contributed by atoms with Crippen LogP contribution < -0.4 is 0 Å². The lowest BCUT2D eigenvalue weighted by Crippen LogP contribution is -1.69. The Hall–Kier alpha value is -0.500. The number of hydrogen-bond donors (Lipinski definition) is 2. The molecule has 0 bridgehead atoms. The van der Waals surface area contributed by atoms with E-state index in [0.717, 1.165) is 12.3 Å². The molecule has 0 aliphatic carbocycles. The van der Waals surface area contributed by atoms with Gasteiger partial charge in [0.2, 0.25) is 0 Å². The van der Waals surface area contributed by atoms with Gasteiger partial charge in [-0.15, -0.1) is 0 Å². The molecular weight excluding hydrogens is 101 g/mol. The molecule has 0 atom stereocenters. The van der Waals surface area contributed by atoms with Gasteiger partial charge in [0.25, 0.3) is 0 Å². The molecule has 34 valence electrons. The van der Waals surface area contributed by atoms with Crippen LogP contribution >= 0.6 is 11.6 Å². The molecular formula is C3H4ClNO. The predicted molar refractivity (Wildman–Crippen MR) is 25.3 cm³/mol. The quantitative estimate of drug-likeness (QED) is 0.383. The van der Waals surface area contributed by atoms with Crippen molar-refractivity contribution in [3.63, 3.8) is 0 Å². The van der Waals surface area contributed by atoms with Crippen LogP contribution in [0, 0.1) is 5.41 Å². The van der Waals surface area contributed by atoms with Crippen molar-refractivity contribution in [2.24, 2.45) is 0 Å². The number of halogens is 1. The SMILES string of the molecule is N=C(Cl)C=CO. The standard InChI is InChI=1S/C3H4ClNO/c4-3(5)1-2-6/h1-2,5-6H. The van der Waals surface area contributed by atoms with Gasteiger partial charge >= 0.3 is 0 Å². The third-order valence-corrected chi connectivity index (χ3v) is 0.347. The van der Waals surface area contributed by atoms with Crippen molar-refractivity contribution in [3.8, 4) is 0 Å². The van der Waals surface area contributed by atoms with Crippen LogP contribution in [0.15, 0.2) is 12.3 Å². The summed E-state index contributed by atoms with van der Waals surface area (Å²) in [6.45, 7) is 0. The summed E-state index contributed by atoms with van der Waals surface area (Å²) in [5, 5.41) is 14.1. The maximum absolute atomic E-state index is 7.83. The zero-order chi connectivity index (χ0) is 4.99. The molecule has 0 saturated heterocycles. The highest BCUT2D eigenvalue weighted by Gasteiger charge is 1.72. The summed E-state index contributed by atoms with van der Waals surface area (Å²) in [6.07, 6.45) is 1.79. The van der Waals surface area contributed by atoms with Gasteiger partial charge < -0.3 is 5.11 Å². The predicted octanol–water partition coefficient (Wildman–Crippen LogP) is 1.27. The number of hydrogen-bond acceptors (Lipinski definition) is 2. The summed E-state index contributed by atoms with van der Waals surface area (Å²) in [4.78, 5) is 0. The van der Waals surface area contributed by atoms with E-state index in [4.69, 9.17) is 22.1 Å². The van der Waals surface area contributed by atoms with E-state index in [-0.39, 0.29) is 5.17 Å².